The van der Waals surface area contributed by atoms with Crippen molar-refractivity contribution >= 4 is 29.1 Å². The molecule has 1 aliphatic rings. The maximum atomic E-state index is 12.8. The van der Waals surface area contributed by atoms with Crippen molar-refractivity contribution in [3.05, 3.63) is 52.4 Å². The summed E-state index contributed by atoms with van der Waals surface area (Å²) in [5.74, 6) is 1.32. The Hall–Kier alpha value is -3.42. The molecule has 1 amide bonds. The van der Waals surface area contributed by atoms with Crippen LogP contribution in [0.4, 0.5) is 11.6 Å². The quantitative estimate of drug-likeness (QED) is 0.540. The number of anilines is 2. The standard InChI is InChI=1S/C23H27N5O3/c1-31-18-9-7-16(8-10-18)11-12-24-23-25-13-19-21(30)20(26-15-29)14-28(22(19)27-23)17-5-3-2-4-6-17/h7-10,13-15,17H,2-6,11-12H2,1H3,(H,26,29)(H,24,25,27). The normalized spacial score (nSPS) is 14.4. The monoisotopic (exact) mass is 421 g/mol. The molecule has 162 valence electrons. The molecule has 0 bridgehead atoms. The van der Waals surface area contributed by atoms with E-state index < -0.39 is 0 Å². The number of aromatic nitrogens is 3. The number of hydrogen-bond acceptors (Lipinski definition) is 6. The smallest absolute Gasteiger partial charge is 0.224 e. The Morgan fingerprint density at radius 1 is 1.19 bits per heavy atom. The molecule has 0 unspecified atom stereocenters. The molecule has 8 heteroatoms. The Morgan fingerprint density at radius 2 is 1.97 bits per heavy atom. The van der Waals surface area contributed by atoms with Crippen LogP contribution in [-0.2, 0) is 11.2 Å². The maximum Gasteiger partial charge on any atom is 0.224 e. The van der Waals surface area contributed by atoms with E-state index in [9.17, 15) is 9.59 Å². The summed E-state index contributed by atoms with van der Waals surface area (Å²) < 4.78 is 7.23. The molecule has 1 fully saturated rings. The lowest BCUT2D eigenvalue weighted by atomic mass is 9.95. The molecular formula is C23H27N5O3. The number of hydrogen-bond donors (Lipinski definition) is 2. The molecule has 2 heterocycles. The van der Waals surface area contributed by atoms with Crippen molar-refractivity contribution in [1.82, 2.24) is 14.5 Å². The summed E-state index contributed by atoms with van der Waals surface area (Å²) in [7, 11) is 1.65. The first-order valence-electron chi connectivity index (χ1n) is 10.7. The maximum absolute atomic E-state index is 12.8. The number of fused-ring (bicyclic) bond motifs is 1. The van der Waals surface area contributed by atoms with Crippen LogP contribution in [0.5, 0.6) is 5.75 Å². The van der Waals surface area contributed by atoms with Gasteiger partial charge in [0.15, 0.2) is 0 Å². The second-order valence-electron chi connectivity index (χ2n) is 7.79. The van der Waals surface area contributed by atoms with Crippen molar-refractivity contribution in [3.8, 4) is 5.75 Å². The Morgan fingerprint density at radius 3 is 2.68 bits per heavy atom. The molecule has 0 radical (unpaired) electrons. The van der Waals surface area contributed by atoms with E-state index in [0.717, 1.165) is 37.9 Å². The summed E-state index contributed by atoms with van der Waals surface area (Å²) in [6, 6.07) is 8.20. The summed E-state index contributed by atoms with van der Waals surface area (Å²) in [5.41, 5.74) is 1.78. The van der Waals surface area contributed by atoms with Crippen molar-refractivity contribution in [1.29, 1.82) is 0 Å². The van der Waals surface area contributed by atoms with E-state index in [-0.39, 0.29) is 17.2 Å². The van der Waals surface area contributed by atoms with Crippen molar-refractivity contribution in [2.45, 2.75) is 44.6 Å². The van der Waals surface area contributed by atoms with Gasteiger partial charge in [-0.1, -0.05) is 31.4 Å². The Bertz CT molecular complexity index is 1100. The van der Waals surface area contributed by atoms with Gasteiger partial charge in [0, 0.05) is 25.0 Å². The van der Waals surface area contributed by atoms with Crippen LogP contribution < -0.4 is 20.8 Å². The van der Waals surface area contributed by atoms with Gasteiger partial charge in [0.25, 0.3) is 0 Å². The van der Waals surface area contributed by atoms with E-state index in [4.69, 9.17) is 4.74 Å². The number of carbonyl (C=O) groups excluding carboxylic acids is 1. The van der Waals surface area contributed by atoms with Gasteiger partial charge < -0.3 is 19.9 Å². The van der Waals surface area contributed by atoms with Gasteiger partial charge in [-0.3, -0.25) is 9.59 Å². The molecular weight excluding hydrogens is 394 g/mol. The number of nitrogens with one attached hydrogen (secondary N) is 2. The van der Waals surface area contributed by atoms with Gasteiger partial charge in [-0.2, -0.15) is 4.98 Å². The lowest BCUT2D eigenvalue weighted by Crippen LogP contribution is -2.21. The minimum atomic E-state index is -0.265. The van der Waals surface area contributed by atoms with E-state index >= 15 is 0 Å². The average Bonchev–Trinajstić information content (AvgIpc) is 2.82. The third kappa shape index (κ3) is 4.68. The zero-order chi connectivity index (χ0) is 21.6. The average molecular weight is 422 g/mol. The molecule has 4 rings (SSSR count). The highest BCUT2D eigenvalue weighted by molar-refractivity contribution is 5.82. The van der Waals surface area contributed by atoms with Crippen LogP contribution in [0, 0.1) is 0 Å². The number of amides is 1. The number of carbonyl (C=O) groups is 1. The SMILES string of the molecule is COc1ccc(CCNc2ncc3c(=O)c(NC=O)cn(C4CCCCC4)c3n2)cc1. The summed E-state index contributed by atoms with van der Waals surface area (Å²) in [5, 5.41) is 6.21. The highest BCUT2D eigenvalue weighted by Crippen LogP contribution is 2.30. The topological polar surface area (TPSA) is 98.1 Å². The van der Waals surface area contributed by atoms with Crippen molar-refractivity contribution in [2.24, 2.45) is 0 Å². The Kier molecular flexibility index (Phi) is 6.45. The van der Waals surface area contributed by atoms with Crippen LogP contribution in [0.15, 0.2) is 41.5 Å². The minimum absolute atomic E-state index is 0.256. The molecule has 1 saturated carbocycles. The van der Waals surface area contributed by atoms with Gasteiger partial charge in [0.05, 0.1) is 12.5 Å². The highest BCUT2D eigenvalue weighted by Gasteiger charge is 2.20. The van der Waals surface area contributed by atoms with E-state index in [0.29, 0.717) is 29.9 Å². The van der Waals surface area contributed by atoms with Crippen LogP contribution in [0.25, 0.3) is 11.0 Å². The third-order valence-corrected chi connectivity index (χ3v) is 5.81. The third-order valence-electron chi connectivity index (χ3n) is 5.81. The number of nitrogens with zero attached hydrogens (tertiary/aromatic N) is 3. The first-order chi connectivity index (χ1) is 15.2. The minimum Gasteiger partial charge on any atom is -0.497 e. The molecule has 1 aliphatic carbocycles. The highest BCUT2D eigenvalue weighted by atomic mass is 16.5. The molecule has 2 N–H and O–H groups in total. The van der Waals surface area contributed by atoms with Crippen molar-refractivity contribution < 1.29 is 9.53 Å². The largest absolute Gasteiger partial charge is 0.497 e. The first kappa shape index (κ1) is 20.8. The van der Waals surface area contributed by atoms with Crippen LogP contribution in [0.1, 0.15) is 43.7 Å². The van der Waals surface area contributed by atoms with Crippen LogP contribution in [0.3, 0.4) is 0 Å². The van der Waals surface area contributed by atoms with Gasteiger partial charge >= 0.3 is 0 Å². The predicted octanol–water partition coefficient (Wildman–Crippen LogP) is 3.53. The second-order valence-corrected chi connectivity index (χ2v) is 7.79. The fourth-order valence-corrected chi connectivity index (χ4v) is 4.13. The fraction of sp³-hybridized carbons (Fsp3) is 0.391. The van der Waals surface area contributed by atoms with Crippen LogP contribution in [0.2, 0.25) is 0 Å². The van der Waals surface area contributed by atoms with Gasteiger partial charge in [-0.05, 0) is 37.0 Å². The molecule has 8 nitrogen and oxygen atoms in total. The summed E-state index contributed by atoms with van der Waals surface area (Å²) in [6.45, 7) is 0.663. The molecule has 3 aromatic rings. The fourth-order valence-electron chi connectivity index (χ4n) is 4.13. The zero-order valence-electron chi connectivity index (χ0n) is 17.6. The zero-order valence-corrected chi connectivity index (χ0v) is 17.6. The first-order valence-corrected chi connectivity index (χ1v) is 10.7. The predicted molar refractivity (Wildman–Crippen MR) is 121 cm³/mol. The van der Waals surface area contributed by atoms with Gasteiger partial charge in [0.1, 0.15) is 17.1 Å². The lowest BCUT2D eigenvalue weighted by Gasteiger charge is -2.26. The summed E-state index contributed by atoms with van der Waals surface area (Å²) >= 11 is 0. The molecule has 0 atom stereocenters. The molecule has 1 aromatic carbocycles. The number of pyridine rings is 1. The van der Waals surface area contributed by atoms with E-state index in [1.54, 1.807) is 19.5 Å². The van der Waals surface area contributed by atoms with E-state index in [1.807, 2.05) is 28.8 Å². The van der Waals surface area contributed by atoms with Crippen molar-refractivity contribution in [2.75, 3.05) is 24.3 Å². The summed E-state index contributed by atoms with van der Waals surface area (Å²) in [6.07, 6.45) is 10.2. The molecule has 0 saturated heterocycles. The molecule has 0 spiro atoms. The van der Waals surface area contributed by atoms with E-state index in [2.05, 4.69) is 20.6 Å². The Balaban J connectivity index is 1.59. The number of ether oxygens (including phenoxy) is 1. The van der Waals surface area contributed by atoms with Gasteiger partial charge in [-0.15, -0.1) is 0 Å². The molecule has 31 heavy (non-hydrogen) atoms. The van der Waals surface area contributed by atoms with E-state index in [1.165, 1.54) is 12.0 Å². The number of benzene rings is 1. The Labute approximate surface area is 180 Å². The van der Waals surface area contributed by atoms with Gasteiger partial charge in [-0.25, -0.2) is 4.98 Å². The van der Waals surface area contributed by atoms with Crippen LogP contribution >= 0.6 is 0 Å². The van der Waals surface area contributed by atoms with Crippen molar-refractivity contribution in [3.63, 3.8) is 0 Å². The van der Waals surface area contributed by atoms with Crippen LogP contribution in [-0.4, -0.2) is 34.6 Å². The lowest BCUT2D eigenvalue weighted by molar-refractivity contribution is -0.105. The second kappa shape index (κ2) is 9.59. The number of methoxy groups -OCH3 is 1. The molecule has 0 aliphatic heterocycles. The number of rotatable bonds is 8. The van der Waals surface area contributed by atoms with Gasteiger partial charge in [0.2, 0.25) is 17.8 Å². The molecule has 2 aromatic heterocycles. The summed E-state index contributed by atoms with van der Waals surface area (Å²) in [4.78, 5) is 32.8.